The molecule has 9 heteroatoms. The second-order valence-electron chi connectivity index (χ2n) is 7.50. The molecule has 6 N–H and O–H groups in total. The van der Waals surface area contributed by atoms with Gasteiger partial charge in [0.2, 0.25) is 11.5 Å². The maximum absolute atomic E-state index is 10.2. The van der Waals surface area contributed by atoms with Crippen LogP contribution >= 0.6 is 0 Å². The molecule has 1 heterocycles. The molecule has 0 radical (unpaired) electrons. The Morgan fingerprint density at radius 3 is 1.47 bits per heavy atom. The molecule has 0 aliphatic carbocycles. The zero-order chi connectivity index (χ0) is 24.8. The van der Waals surface area contributed by atoms with E-state index in [1.807, 2.05) is 6.92 Å². The first kappa shape index (κ1) is 32.2. The number of aliphatic hydroxyl groups is 4. The lowest BCUT2D eigenvalue weighted by atomic mass is 10.1. The molecule has 32 heavy (non-hydrogen) atoms. The quantitative estimate of drug-likeness (QED) is 0.166. The third-order valence-electron chi connectivity index (χ3n) is 4.43. The highest BCUT2D eigenvalue weighted by atomic mass is 16.5. The van der Waals surface area contributed by atoms with Crippen LogP contribution in [0.5, 0.6) is 0 Å². The van der Waals surface area contributed by atoms with Crippen molar-refractivity contribution in [1.82, 2.24) is 0 Å². The van der Waals surface area contributed by atoms with Gasteiger partial charge in [-0.1, -0.05) is 78.1 Å². The van der Waals surface area contributed by atoms with Crippen molar-refractivity contribution in [3.05, 3.63) is 23.7 Å². The lowest BCUT2D eigenvalue weighted by Crippen LogP contribution is -2.10. The van der Waals surface area contributed by atoms with E-state index < -0.39 is 24.3 Å². The predicted octanol–water partition coefficient (Wildman–Crippen LogP) is 4.03. The van der Waals surface area contributed by atoms with Crippen LogP contribution in [0.15, 0.2) is 16.5 Å². The third-order valence-corrected chi connectivity index (χ3v) is 4.43. The topological polar surface area (TPSA) is 169 Å². The Balaban J connectivity index is 0. The fourth-order valence-electron chi connectivity index (χ4n) is 2.61. The molecule has 0 saturated carbocycles. The Kier molecular flexibility index (Phi) is 22.4. The van der Waals surface area contributed by atoms with Gasteiger partial charge in [0.25, 0.3) is 0 Å². The molecule has 1 aromatic rings. The summed E-state index contributed by atoms with van der Waals surface area (Å²) >= 11 is 0. The van der Waals surface area contributed by atoms with E-state index in [2.05, 4.69) is 11.3 Å². The van der Waals surface area contributed by atoms with Gasteiger partial charge in [0, 0.05) is 0 Å². The van der Waals surface area contributed by atoms with Crippen molar-refractivity contribution in [1.29, 1.82) is 0 Å². The van der Waals surface area contributed by atoms with Crippen molar-refractivity contribution in [3.63, 3.8) is 0 Å². The van der Waals surface area contributed by atoms with Gasteiger partial charge >= 0.3 is 11.9 Å². The van der Waals surface area contributed by atoms with E-state index in [9.17, 15) is 9.59 Å². The van der Waals surface area contributed by atoms with Crippen LogP contribution in [0, 0.1) is 0 Å². The number of rotatable bonds is 15. The van der Waals surface area contributed by atoms with Crippen molar-refractivity contribution in [2.45, 2.75) is 103 Å². The SMILES string of the molecule is CCCC(O)O.CCCCCCCCCCCC(O)CO.O=C(O)c1ccc(C(=O)O)o1. The Morgan fingerprint density at radius 2 is 1.19 bits per heavy atom. The molecule has 1 aromatic heterocycles. The standard InChI is InChI=1S/C13H28O2.C6H4O5.C4H10O2/c1-2-3-4-5-6-7-8-9-10-11-13(15)12-14;7-5(8)3-1-2-4(11-3)6(9)10;1-2-3-4(5)6/h13-15H,2-12H2,1H3;1-2H,(H,7,8)(H,9,10);4-6H,2-3H2,1H3. The number of aliphatic hydroxyl groups excluding tert-OH is 3. The van der Waals surface area contributed by atoms with E-state index in [4.69, 9.17) is 30.6 Å². The number of carboxylic acid groups (broad SMARTS) is 2. The van der Waals surface area contributed by atoms with Crippen LogP contribution in [0.1, 0.15) is 112 Å². The summed E-state index contributed by atoms with van der Waals surface area (Å²) in [6.45, 7) is 4.06. The first-order chi connectivity index (χ1) is 15.2. The van der Waals surface area contributed by atoms with Crippen molar-refractivity contribution >= 4 is 11.9 Å². The maximum Gasteiger partial charge on any atom is 0.371 e. The first-order valence-electron chi connectivity index (χ1n) is 11.4. The summed E-state index contributed by atoms with van der Waals surface area (Å²) in [7, 11) is 0. The minimum absolute atomic E-state index is 0.0863. The van der Waals surface area contributed by atoms with Crippen molar-refractivity contribution in [2.75, 3.05) is 6.61 Å². The van der Waals surface area contributed by atoms with Crippen LogP contribution in [0.4, 0.5) is 0 Å². The monoisotopic (exact) mass is 462 g/mol. The molecule has 0 aliphatic heterocycles. The van der Waals surface area contributed by atoms with Crippen LogP contribution in [-0.2, 0) is 0 Å². The third kappa shape index (κ3) is 21.3. The van der Waals surface area contributed by atoms with Gasteiger partial charge in [0.05, 0.1) is 12.7 Å². The Morgan fingerprint density at radius 1 is 0.750 bits per heavy atom. The Labute approximate surface area is 190 Å². The molecule has 1 rings (SSSR count). The van der Waals surface area contributed by atoms with Crippen LogP contribution in [0.3, 0.4) is 0 Å². The van der Waals surface area contributed by atoms with Gasteiger partial charge in [0.1, 0.15) is 0 Å². The van der Waals surface area contributed by atoms with Gasteiger partial charge in [-0.25, -0.2) is 9.59 Å². The second-order valence-corrected chi connectivity index (χ2v) is 7.50. The summed E-state index contributed by atoms with van der Waals surface area (Å²) in [5.74, 6) is -3.31. The average molecular weight is 463 g/mol. The van der Waals surface area contributed by atoms with Gasteiger partial charge in [0.15, 0.2) is 6.29 Å². The van der Waals surface area contributed by atoms with E-state index in [1.54, 1.807) is 0 Å². The Bertz CT molecular complexity index is 541. The number of carboxylic acids is 2. The number of carbonyl (C=O) groups is 2. The van der Waals surface area contributed by atoms with Gasteiger partial charge in [-0.05, 0) is 25.0 Å². The van der Waals surface area contributed by atoms with E-state index >= 15 is 0 Å². The van der Waals surface area contributed by atoms with Gasteiger partial charge in [-0.2, -0.15) is 0 Å². The smallest absolute Gasteiger partial charge is 0.371 e. The normalized spacial score (nSPS) is 11.2. The van der Waals surface area contributed by atoms with Crippen molar-refractivity contribution in [2.24, 2.45) is 0 Å². The first-order valence-corrected chi connectivity index (χ1v) is 11.4. The summed E-state index contributed by atoms with van der Waals surface area (Å²) in [5.41, 5.74) is 0. The molecular formula is C23H42O9. The molecular weight excluding hydrogens is 420 g/mol. The highest BCUT2D eigenvalue weighted by Crippen LogP contribution is 2.11. The van der Waals surface area contributed by atoms with Crippen LogP contribution in [0.2, 0.25) is 0 Å². The summed E-state index contributed by atoms with van der Waals surface area (Å²) in [4.78, 5) is 20.3. The molecule has 0 aromatic carbocycles. The fraction of sp³-hybridized carbons (Fsp3) is 0.739. The molecule has 1 atom stereocenters. The van der Waals surface area contributed by atoms with Gasteiger partial charge in [-0.15, -0.1) is 0 Å². The summed E-state index contributed by atoms with van der Waals surface area (Å²) in [6.07, 6.45) is 12.2. The van der Waals surface area contributed by atoms with E-state index in [0.717, 1.165) is 31.4 Å². The molecule has 0 spiro atoms. The largest absolute Gasteiger partial charge is 0.475 e. The minimum Gasteiger partial charge on any atom is -0.475 e. The van der Waals surface area contributed by atoms with Crippen LogP contribution in [-0.4, -0.2) is 61.6 Å². The number of aromatic carboxylic acids is 2. The van der Waals surface area contributed by atoms with Gasteiger partial charge in [-0.3, -0.25) is 0 Å². The lowest BCUT2D eigenvalue weighted by Gasteiger charge is -2.06. The number of unbranched alkanes of at least 4 members (excludes halogenated alkanes) is 8. The molecule has 188 valence electrons. The van der Waals surface area contributed by atoms with E-state index in [0.29, 0.717) is 6.42 Å². The fourth-order valence-corrected chi connectivity index (χ4v) is 2.61. The van der Waals surface area contributed by atoms with Crippen LogP contribution < -0.4 is 0 Å². The lowest BCUT2D eigenvalue weighted by molar-refractivity contribution is -0.0453. The van der Waals surface area contributed by atoms with Crippen LogP contribution in [0.25, 0.3) is 0 Å². The molecule has 0 amide bonds. The average Bonchev–Trinajstić information content (AvgIpc) is 3.24. The zero-order valence-corrected chi connectivity index (χ0v) is 19.4. The molecule has 0 saturated heterocycles. The van der Waals surface area contributed by atoms with E-state index in [-0.39, 0.29) is 18.1 Å². The molecule has 9 nitrogen and oxygen atoms in total. The predicted molar refractivity (Wildman–Crippen MR) is 121 cm³/mol. The molecule has 0 bridgehead atoms. The minimum atomic E-state index is -1.28. The molecule has 1 unspecified atom stereocenters. The summed E-state index contributed by atoms with van der Waals surface area (Å²) in [6, 6.07) is 2.18. The zero-order valence-electron chi connectivity index (χ0n) is 19.4. The number of hydrogen-bond acceptors (Lipinski definition) is 7. The molecule has 0 aliphatic rings. The Hall–Kier alpha value is -1.94. The summed E-state index contributed by atoms with van der Waals surface area (Å²) < 4.78 is 4.41. The van der Waals surface area contributed by atoms with Crippen molar-refractivity contribution in [3.8, 4) is 0 Å². The second kappa shape index (κ2) is 22.3. The number of hydrogen-bond donors (Lipinski definition) is 6. The van der Waals surface area contributed by atoms with Crippen molar-refractivity contribution < 1.29 is 44.6 Å². The highest BCUT2D eigenvalue weighted by Gasteiger charge is 2.12. The summed E-state index contributed by atoms with van der Waals surface area (Å²) in [5, 5.41) is 50.5. The maximum atomic E-state index is 10.2. The van der Waals surface area contributed by atoms with E-state index in [1.165, 1.54) is 51.4 Å². The molecule has 0 fully saturated rings. The van der Waals surface area contributed by atoms with Gasteiger partial charge < -0.3 is 35.1 Å². The number of furan rings is 1. The highest BCUT2D eigenvalue weighted by molar-refractivity contribution is 5.88.